The van der Waals surface area contributed by atoms with Gasteiger partial charge in [0, 0.05) is 22.1 Å². The molecule has 4 amide bonds. The van der Waals surface area contributed by atoms with Gasteiger partial charge in [-0.2, -0.15) is 0 Å². The fourth-order valence-electron chi connectivity index (χ4n) is 2.68. The summed E-state index contributed by atoms with van der Waals surface area (Å²) in [7, 11) is 0. The number of carbonyl (C=O) groups is 3. The lowest BCUT2D eigenvalue weighted by Gasteiger charge is -2.25. The maximum absolute atomic E-state index is 13.8. The molecule has 0 radical (unpaired) electrons. The van der Waals surface area contributed by atoms with Crippen LogP contribution in [0.3, 0.4) is 0 Å². The zero-order valence-electron chi connectivity index (χ0n) is 15.2. The quantitative estimate of drug-likeness (QED) is 0.405. The van der Waals surface area contributed by atoms with E-state index >= 15 is 0 Å². The van der Waals surface area contributed by atoms with Crippen molar-refractivity contribution in [3.63, 3.8) is 0 Å². The summed E-state index contributed by atoms with van der Waals surface area (Å²) in [5.74, 6) is -1.60. The van der Waals surface area contributed by atoms with E-state index in [0.29, 0.717) is 21.3 Å². The van der Waals surface area contributed by atoms with Gasteiger partial charge < -0.3 is 4.74 Å². The molecule has 148 valence electrons. The number of barbiturate groups is 1. The van der Waals surface area contributed by atoms with Crippen LogP contribution in [0.1, 0.15) is 11.1 Å². The molecule has 1 aliphatic heterocycles. The molecule has 8 heteroatoms. The Hall–Kier alpha value is -3.26. The third-order valence-corrected chi connectivity index (χ3v) is 4.60. The van der Waals surface area contributed by atoms with Crippen LogP contribution in [0.25, 0.3) is 6.08 Å². The summed E-state index contributed by atoms with van der Waals surface area (Å²) in [5.41, 5.74) is 0.561. The zero-order chi connectivity index (χ0) is 21.0. The average molecular weight is 459 g/mol. The summed E-state index contributed by atoms with van der Waals surface area (Å²) in [4.78, 5) is 37.5. The molecule has 1 heterocycles. The summed E-state index contributed by atoms with van der Waals surface area (Å²) in [5, 5.41) is 2.12. The molecule has 0 atom stereocenters. The van der Waals surface area contributed by atoms with Gasteiger partial charge in [-0.3, -0.25) is 19.8 Å². The third-order valence-electron chi connectivity index (χ3n) is 4.11. The van der Waals surface area contributed by atoms with Gasteiger partial charge in [0.1, 0.15) is 23.7 Å². The Kier molecular flexibility index (Phi) is 6.23. The molecule has 1 saturated heterocycles. The van der Waals surface area contributed by atoms with Gasteiger partial charge in [-0.25, -0.2) is 9.18 Å². The van der Waals surface area contributed by atoms with Gasteiger partial charge in [-0.05, 0) is 30.3 Å². The van der Waals surface area contributed by atoms with Crippen molar-refractivity contribution < 1.29 is 23.5 Å². The van der Waals surface area contributed by atoms with E-state index in [4.69, 9.17) is 4.74 Å². The van der Waals surface area contributed by atoms with Crippen LogP contribution in [-0.2, 0) is 16.2 Å². The minimum Gasteiger partial charge on any atom is -0.488 e. The molecule has 0 unspecified atom stereocenters. The van der Waals surface area contributed by atoms with Crippen LogP contribution in [0.15, 0.2) is 65.2 Å². The lowest BCUT2D eigenvalue weighted by molar-refractivity contribution is -0.129. The molecule has 3 rings (SSSR count). The SMILES string of the molecule is C=CCN1C(=O)NC(=O)/C(=C/c2cc(Br)ccc2OCc2ccccc2F)C1=O. The molecule has 1 fully saturated rings. The van der Waals surface area contributed by atoms with E-state index in [0.717, 1.165) is 4.90 Å². The van der Waals surface area contributed by atoms with Gasteiger partial charge in [0.25, 0.3) is 11.8 Å². The van der Waals surface area contributed by atoms with Crippen LogP contribution in [-0.4, -0.2) is 29.3 Å². The molecule has 0 aromatic heterocycles. The standard InChI is InChI=1S/C21H16BrFN2O4/c1-2-9-25-20(27)16(19(26)24-21(25)28)11-14-10-15(22)7-8-18(14)29-12-13-5-3-4-6-17(13)23/h2-8,10-11H,1,9,12H2,(H,24,26,28)/b16-11-. The van der Waals surface area contributed by atoms with Crippen LogP contribution in [0, 0.1) is 5.82 Å². The van der Waals surface area contributed by atoms with Gasteiger partial charge in [-0.1, -0.05) is 40.2 Å². The summed E-state index contributed by atoms with van der Waals surface area (Å²) >= 11 is 3.34. The Balaban J connectivity index is 1.93. The zero-order valence-corrected chi connectivity index (χ0v) is 16.7. The number of hydrogen-bond acceptors (Lipinski definition) is 4. The monoisotopic (exact) mass is 458 g/mol. The van der Waals surface area contributed by atoms with Crippen LogP contribution >= 0.6 is 15.9 Å². The molecule has 0 bridgehead atoms. The number of carbonyl (C=O) groups excluding carboxylic acids is 3. The van der Waals surface area contributed by atoms with Crippen molar-refractivity contribution in [1.29, 1.82) is 0 Å². The molecule has 0 aliphatic carbocycles. The van der Waals surface area contributed by atoms with E-state index in [2.05, 4.69) is 27.8 Å². The number of halogens is 2. The second-order valence-electron chi connectivity index (χ2n) is 6.08. The van der Waals surface area contributed by atoms with Gasteiger partial charge in [0.05, 0.1) is 0 Å². The first-order valence-electron chi connectivity index (χ1n) is 8.56. The minimum atomic E-state index is -0.805. The highest BCUT2D eigenvalue weighted by atomic mass is 79.9. The van der Waals surface area contributed by atoms with Crippen molar-refractivity contribution in [2.75, 3.05) is 6.54 Å². The van der Waals surface area contributed by atoms with Crippen molar-refractivity contribution in [3.8, 4) is 5.75 Å². The summed E-state index contributed by atoms with van der Waals surface area (Å²) in [6, 6.07) is 10.4. The Morgan fingerprint density at radius 2 is 1.93 bits per heavy atom. The number of rotatable bonds is 6. The molecule has 2 aromatic carbocycles. The van der Waals surface area contributed by atoms with Crippen LogP contribution in [0.4, 0.5) is 9.18 Å². The highest BCUT2D eigenvalue weighted by molar-refractivity contribution is 9.10. The number of urea groups is 1. The molecular weight excluding hydrogens is 443 g/mol. The van der Waals surface area contributed by atoms with Gasteiger partial charge >= 0.3 is 6.03 Å². The van der Waals surface area contributed by atoms with E-state index in [1.54, 1.807) is 36.4 Å². The topological polar surface area (TPSA) is 75.7 Å². The van der Waals surface area contributed by atoms with Gasteiger partial charge in [0.15, 0.2) is 0 Å². The molecule has 0 saturated carbocycles. The van der Waals surface area contributed by atoms with E-state index in [-0.39, 0.29) is 18.7 Å². The first-order chi connectivity index (χ1) is 13.9. The number of benzene rings is 2. The summed E-state index contributed by atoms with van der Waals surface area (Å²) in [6.45, 7) is 3.43. The van der Waals surface area contributed by atoms with Gasteiger partial charge in [0.2, 0.25) is 0 Å². The van der Waals surface area contributed by atoms with Crippen molar-refractivity contribution in [2.24, 2.45) is 0 Å². The molecule has 1 N–H and O–H groups in total. The van der Waals surface area contributed by atoms with E-state index in [9.17, 15) is 18.8 Å². The first-order valence-corrected chi connectivity index (χ1v) is 9.35. The maximum atomic E-state index is 13.8. The second-order valence-corrected chi connectivity index (χ2v) is 7.00. The Bertz CT molecular complexity index is 1040. The molecule has 29 heavy (non-hydrogen) atoms. The summed E-state index contributed by atoms with van der Waals surface area (Å²) < 4.78 is 20.2. The first kappa shape index (κ1) is 20.5. The number of amides is 4. The average Bonchev–Trinajstić information content (AvgIpc) is 2.69. The van der Waals surface area contributed by atoms with Crippen molar-refractivity contribution in [1.82, 2.24) is 10.2 Å². The van der Waals surface area contributed by atoms with Crippen LogP contribution < -0.4 is 10.1 Å². The Labute approximate surface area is 174 Å². The Morgan fingerprint density at radius 1 is 1.17 bits per heavy atom. The second kappa shape index (κ2) is 8.83. The number of hydrogen-bond donors (Lipinski definition) is 1. The lowest BCUT2D eigenvalue weighted by Crippen LogP contribution is -2.54. The number of nitrogens with zero attached hydrogens (tertiary/aromatic N) is 1. The maximum Gasteiger partial charge on any atom is 0.331 e. The fraction of sp³-hybridized carbons (Fsp3) is 0.0952. The molecule has 1 aliphatic rings. The van der Waals surface area contributed by atoms with E-state index in [1.807, 2.05) is 0 Å². The third kappa shape index (κ3) is 4.60. The molecule has 6 nitrogen and oxygen atoms in total. The van der Waals surface area contributed by atoms with Crippen molar-refractivity contribution in [3.05, 3.63) is 82.1 Å². The van der Waals surface area contributed by atoms with Crippen molar-refractivity contribution in [2.45, 2.75) is 6.61 Å². The lowest BCUT2D eigenvalue weighted by atomic mass is 10.1. The molecular formula is C21H16BrFN2O4. The highest BCUT2D eigenvalue weighted by Gasteiger charge is 2.35. The fourth-order valence-corrected chi connectivity index (χ4v) is 3.06. The summed E-state index contributed by atoms with van der Waals surface area (Å²) in [6.07, 6.45) is 2.72. The van der Waals surface area contributed by atoms with Crippen molar-refractivity contribution >= 4 is 39.9 Å². The number of imide groups is 2. The largest absolute Gasteiger partial charge is 0.488 e. The number of nitrogens with one attached hydrogen (secondary N) is 1. The smallest absolute Gasteiger partial charge is 0.331 e. The van der Waals surface area contributed by atoms with E-state index < -0.39 is 23.7 Å². The predicted octanol–water partition coefficient (Wildman–Crippen LogP) is 3.82. The highest BCUT2D eigenvalue weighted by Crippen LogP contribution is 2.27. The van der Waals surface area contributed by atoms with Gasteiger partial charge in [-0.15, -0.1) is 6.58 Å². The van der Waals surface area contributed by atoms with E-state index in [1.165, 1.54) is 18.2 Å². The minimum absolute atomic E-state index is 0.0360. The molecule has 2 aromatic rings. The van der Waals surface area contributed by atoms with Crippen LogP contribution in [0.2, 0.25) is 0 Å². The Morgan fingerprint density at radius 3 is 2.66 bits per heavy atom. The molecule has 0 spiro atoms. The number of ether oxygens (including phenoxy) is 1. The van der Waals surface area contributed by atoms with Crippen LogP contribution in [0.5, 0.6) is 5.75 Å². The predicted molar refractivity (Wildman–Crippen MR) is 108 cm³/mol. The normalized spacial score (nSPS) is 15.4.